The Hall–Kier alpha value is -1.92. The summed E-state index contributed by atoms with van der Waals surface area (Å²) in [7, 11) is 0. The van der Waals surface area contributed by atoms with Crippen molar-refractivity contribution in [3.8, 4) is 5.75 Å². The second-order valence-electron chi connectivity index (χ2n) is 7.84. The fraction of sp³-hybridized carbons (Fsp3) is 0.500. The van der Waals surface area contributed by atoms with E-state index in [4.69, 9.17) is 4.74 Å². The maximum absolute atomic E-state index is 14.7. The summed E-state index contributed by atoms with van der Waals surface area (Å²) >= 11 is 1.60. The molecule has 2 atom stereocenters. The number of rotatable bonds is 6. The molecule has 2 aliphatic rings. The number of carbonyl (C=O) groups excluding carboxylic acids is 1. The molecule has 6 heteroatoms. The van der Waals surface area contributed by atoms with Crippen LogP contribution in [0, 0.1) is 5.82 Å². The van der Waals surface area contributed by atoms with Gasteiger partial charge >= 0.3 is 0 Å². The molecule has 2 aliphatic heterocycles. The van der Waals surface area contributed by atoms with Gasteiger partial charge in [-0.2, -0.15) is 11.3 Å². The lowest BCUT2D eigenvalue weighted by molar-refractivity contribution is 0.0692. The average molecular weight is 403 g/mol. The molecule has 0 unspecified atom stereocenters. The normalized spacial score (nSPS) is 22.7. The molecule has 1 amide bonds. The van der Waals surface area contributed by atoms with E-state index in [1.807, 2.05) is 21.7 Å². The largest absolute Gasteiger partial charge is 0.489 e. The molecule has 0 spiro atoms. The lowest BCUT2D eigenvalue weighted by atomic mass is 10.1. The Kier molecular flexibility index (Phi) is 5.97. The van der Waals surface area contributed by atoms with E-state index < -0.39 is 5.82 Å². The fourth-order valence-corrected chi connectivity index (χ4v) is 4.94. The highest BCUT2D eigenvalue weighted by atomic mass is 32.1. The minimum Gasteiger partial charge on any atom is -0.489 e. The van der Waals surface area contributed by atoms with Gasteiger partial charge in [-0.1, -0.05) is 0 Å². The summed E-state index contributed by atoms with van der Waals surface area (Å²) in [6.45, 7) is 5.36. The van der Waals surface area contributed by atoms with Crippen molar-refractivity contribution in [2.75, 3.05) is 19.6 Å². The molecule has 28 heavy (non-hydrogen) atoms. The molecule has 0 aliphatic carbocycles. The third-order valence-electron chi connectivity index (χ3n) is 5.93. The van der Waals surface area contributed by atoms with Gasteiger partial charge in [0.25, 0.3) is 5.91 Å². The number of hydrogen-bond donors (Lipinski definition) is 0. The van der Waals surface area contributed by atoms with Gasteiger partial charge in [0, 0.05) is 31.2 Å². The molecule has 1 aromatic carbocycles. The quantitative estimate of drug-likeness (QED) is 0.710. The second-order valence-corrected chi connectivity index (χ2v) is 8.62. The average Bonchev–Trinajstić information content (AvgIpc) is 3.43. The van der Waals surface area contributed by atoms with Crippen molar-refractivity contribution in [1.82, 2.24) is 9.80 Å². The number of thiophene rings is 1. The molecular weight excluding hydrogens is 375 g/mol. The lowest BCUT2D eigenvalue weighted by Crippen LogP contribution is -2.44. The van der Waals surface area contributed by atoms with Gasteiger partial charge in [-0.05, 0) is 73.7 Å². The first-order valence-corrected chi connectivity index (χ1v) is 11.0. The highest BCUT2D eigenvalue weighted by Gasteiger charge is 2.33. The Morgan fingerprint density at radius 1 is 1.25 bits per heavy atom. The van der Waals surface area contributed by atoms with Crippen molar-refractivity contribution in [3.05, 3.63) is 52.0 Å². The van der Waals surface area contributed by atoms with E-state index in [0.717, 1.165) is 31.5 Å². The summed E-state index contributed by atoms with van der Waals surface area (Å²) < 4.78 is 20.3. The number of carbonyl (C=O) groups is 1. The smallest absolute Gasteiger partial charge is 0.257 e. The predicted octanol–water partition coefficient (Wildman–Crippen LogP) is 4.56. The third-order valence-corrected chi connectivity index (χ3v) is 6.66. The summed E-state index contributed by atoms with van der Waals surface area (Å²) in [6, 6.07) is 7.32. The van der Waals surface area contributed by atoms with E-state index in [9.17, 15) is 9.18 Å². The fourth-order valence-electron chi connectivity index (χ4n) is 4.28. The van der Waals surface area contributed by atoms with Gasteiger partial charge in [0.15, 0.2) is 0 Å². The van der Waals surface area contributed by atoms with Crippen LogP contribution >= 0.6 is 11.3 Å². The van der Waals surface area contributed by atoms with Gasteiger partial charge in [-0.15, -0.1) is 0 Å². The van der Waals surface area contributed by atoms with Crippen molar-refractivity contribution in [2.45, 2.75) is 51.3 Å². The molecular formula is C22H27FN2O2S. The first kappa shape index (κ1) is 19.4. The number of benzene rings is 1. The summed E-state index contributed by atoms with van der Waals surface area (Å²) in [4.78, 5) is 17.4. The van der Waals surface area contributed by atoms with Crippen LogP contribution in [0.4, 0.5) is 4.39 Å². The number of amides is 1. The van der Waals surface area contributed by atoms with Crippen LogP contribution in [0.5, 0.6) is 5.75 Å². The van der Waals surface area contributed by atoms with Crippen LogP contribution in [0.3, 0.4) is 0 Å². The van der Waals surface area contributed by atoms with Gasteiger partial charge < -0.3 is 9.64 Å². The van der Waals surface area contributed by atoms with Crippen LogP contribution in [-0.4, -0.2) is 47.4 Å². The molecule has 3 heterocycles. The third kappa shape index (κ3) is 4.23. The van der Waals surface area contributed by atoms with E-state index >= 15 is 0 Å². The Morgan fingerprint density at radius 2 is 2.11 bits per heavy atom. The maximum atomic E-state index is 14.7. The van der Waals surface area contributed by atoms with Crippen molar-refractivity contribution in [3.63, 3.8) is 0 Å². The molecule has 150 valence electrons. The van der Waals surface area contributed by atoms with Crippen molar-refractivity contribution in [1.29, 1.82) is 0 Å². The molecule has 0 N–H and O–H groups in total. The Labute approximate surface area is 169 Å². The Bertz CT molecular complexity index is 811. The van der Waals surface area contributed by atoms with E-state index in [2.05, 4.69) is 11.8 Å². The van der Waals surface area contributed by atoms with Gasteiger partial charge in [0.1, 0.15) is 18.2 Å². The summed E-state index contributed by atoms with van der Waals surface area (Å²) in [5.74, 6) is -0.256. The standard InChI is InChI=1S/C22H27FN2O2S/c1-16-4-2-9-24(16)13-18-5-3-10-25(18)22(26)20-7-6-19(12-21(20)23)27-14-17-8-11-28-15-17/h6-8,11-12,15-16,18H,2-5,9-10,13-14H2,1H3/t16-,18+/m1/s1. The van der Waals surface area contributed by atoms with E-state index in [1.165, 1.54) is 18.9 Å². The summed E-state index contributed by atoms with van der Waals surface area (Å²) in [5, 5.41) is 3.99. The highest BCUT2D eigenvalue weighted by molar-refractivity contribution is 7.07. The zero-order chi connectivity index (χ0) is 19.5. The minimum atomic E-state index is -0.506. The molecule has 4 nitrogen and oxygen atoms in total. The van der Waals surface area contributed by atoms with E-state index in [1.54, 1.807) is 23.5 Å². The van der Waals surface area contributed by atoms with Gasteiger partial charge in [-0.25, -0.2) is 4.39 Å². The van der Waals surface area contributed by atoms with Gasteiger partial charge in [-0.3, -0.25) is 9.69 Å². The number of nitrogens with zero attached hydrogens (tertiary/aromatic N) is 2. The van der Waals surface area contributed by atoms with Crippen LogP contribution in [-0.2, 0) is 6.61 Å². The first-order chi connectivity index (χ1) is 13.6. The van der Waals surface area contributed by atoms with E-state index in [-0.39, 0.29) is 17.5 Å². The highest BCUT2D eigenvalue weighted by Crippen LogP contribution is 2.26. The zero-order valence-electron chi connectivity index (χ0n) is 16.3. The first-order valence-electron chi connectivity index (χ1n) is 10.1. The number of likely N-dealkylation sites (tertiary alicyclic amines) is 2. The topological polar surface area (TPSA) is 32.8 Å². The van der Waals surface area contributed by atoms with Crippen molar-refractivity contribution in [2.24, 2.45) is 0 Å². The number of hydrogen-bond acceptors (Lipinski definition) is 4. The summed E-state index contributed by atoms with van der Waals surface area (Å²) in [6.07, 6.45) is 4.44. The minimum absolute atomic E-state index is 0.143. The maximum Gasteiger partial charge on any atom is 0.257 e. The lowest BCUT2D eigenvalue weighted by Gasteiger charge is -2.31. The van der Waals surface area contributed by atoms with Crippen molar-refractivity contribution < 1.29 is 13.9 Å². The predicted molar refractivity (Wildman–Crippen MR) is 109 cm³/mol. The number of halogens is 1. The van der Waals surface area contributed by atoms with Crippen LogP contribution < -0.4 is 4.74 Å². The Morgan fingerprint density at radius 3 is 2.82 bits per heavy atom. The van der Waals surface area contributed by atoms with Crippen LogP contribution in [0.25, 0.3) is 0 Å². The molecule has 0 radical (unpaired) electrons. The Balaban J connectivity index is 1.41. The molecule has 2 saturated heterocycles. The molecule has 0 saturated carbocycles. The zero-order valence-corrected chi connectivity index (χ0v) is 17.1. The van der Waals surface area contributed by atoms with E-state index in [0.29, 0.717) is 24.9 Å². The van der Waals surface area contributed by atoms with Crippen LogP contribution in [0.2, 0.25) is 0 Å². The molecule has 2 aromatic rings. The second kappa shape index (κ2) is 8.62. The monoisotopic (exact) mass is 402 g/mol. The van der Waals surface area contributed by atoms with Gasteiger partial charge in [0.2, 0.25) is 0 Å². The molecule has 4 rings (SSSR count). The van der Waals surface area contributed by atoms with Gasteiger partial charge in [0.05, 0.1) is 5.56 Å². The number of ether oxygens (including phenoxy) is 1. The molecule has 1 aromatic heterocycles. The molecule has 2 fully saturated rings. The van der Waals surface area contributed by atoms with Crippen molar-refractivity contribution >= 4 is 17.2 Å². The SMILES string of the molecule is C[C@@H]1CCCN1C[C@@H]1CCCN1C(=O)c1ccc(OCc2ccsc2)cc1F. The van der Waals surface area contributed by atoms with Crippen LogP contribution in [0.1, 0.15) is 48.5 Å². The van der Waals surface area contributed by atoms with Crippen LogP contribution in [0.15, 0.2) is 35.0 Å². The summed E-state index contributed by atoms with van der Waals surface area (Å²) in [5.41, 5.74) is 1.20. The molecule has 0 bridgehead atoms.